The maximum absolute atomic E-state index is 4.83. The highest BCUT2D eigenvalue weighted by Crippen LogP contribution is 2.37. The van der Waals surface area contributed by atoms with E-state index in [4.69, 9.17) is 9.97 Å². The lowest BCUT2D eigenvalue weighted by Crippen LogP contribution is -2.37. The Labute approximate surface area is 164 Å². The molecule has 0 aromatic carbocycles. The van der Waals surface area contributed by atoms with Gasteiger partial charge >= 0.3 is 0 Å². The molecule has 5 rings (SSSR count). The first-order chi connectivity index (χ1) is 13.8. The Kier molecular flexibility index (Phi) is 4.52. The van der Waals surface area contributed by atoms with Crippen LogP contribution in [0.25, 0.3) is 0 Å². The molecule has 2 aliphatic rings. The van der Waals surface area contributed by atoms with E-state index in [1.165, 1.54) is 11.4 Å². The van der Waals surface area contributed by atoms with Gasteiger partial charge in [-0.25, -0.2) is 15.0 Å². The van der Waals surface area contributed by atoms with Gasteiger partial charge in [0.05, 0.1) is 12.0 Å². The predicted octanol–water partition coefficient (Wildman–Crippen LogP) is 2.52. The van der Waals surface area contributed by atoms with Gasteiger partial charge in [-0.15, -0.1) is 0 Å². The van der Waals surface area contributed by atoms with Crippen LogP contribution in [0, 0.1) is 6.92 Å². The molecule has 3 aromatic heterocycles. The maximum Gasteiger partial charge on any atom is 0.133 e. The second-order valence-electron chi connectivity index (χ2n) is 7.62. The molecule has 1 atom stereocenters. The van der Waals surface area contributed by atoms with E-state index in [0.29, 0.717) is 5.92 Å². The molecule has 0 saturated carbocycles. The number of fused-ring (bicyclic) bond motifs is 1. The molecule has 0 aliphatic carbocycles. The molecule has 0 radical (unpaired) electrons. The SMILES string of the molecule is Cc1nc(C2CCNCC2)cc(N2CCc3[nH]cnc3C2c2cccnc2)n1. The van der Waals surface area contributed by atoms with Crippen LogP contribution in [-0.2, 0) is 6.42 Å². The van der Waals surface area contributed by atoms with Gasteiger partial charge in [-0.3, -0.25) is 4.98 Å². The van der Waals surface area contributed by atoms with Crippen LogP contribution < -0.4 is 10.2 Å². The second kappa shape index (κ2) is 7.31. The molecule has 0 amide bonds. The number of piperidine rings is 1. The number of aryl methyl sites for hydroxylation is 1. The van der Waals surface area contributed by atoms with E-state index in [9.17, 15) is 0 Å². The summed E-state index contributed by atoms with van der Waals surface area (Å²) in [5, 5.41) is 3.44. The van der Waals surface area contributed by atoms with Crippen molar-refractivity contribution in [3.63, 3.8) is 0 Å². The average molecular weight is 375 g/mol. The predicted molar refractivity (Wildman–Crippen MR) is 107 cm³/mol. The van der Waals surface area contributed by atoms with Crippen molar-refractivity contribution in [1.82, 2.24) is 30.2 Å². The van der Waals surface area contributed by atoms with Gasteiger partial charge in [0.1, 0.15) is 17.7 Å². The lowest BCUT2D eigenvalue weighted by molar-refractivity contribution is 0.452. The fourth-order valence-corrected chi connectivity index (χ4v) is 4.45. The summed E-state index contributed by atoms with van der Waals surface area (Å²) < 4.78 is 0. The van der Waals surface area contributed by atoms with E-state index in [1.54, 1.807) is 6.33 Å². The molecule has 7 nitrogen and oxygen atoms in total. The van der Waals surface area contributed by atoms with Gasteiger partial charge in [0, 0.05) is 48.7 Å². The molecule has 28 heavy (non-hydrogen) atoms. The standard InChI is InChI=1S/C21H25N7/c1-14-26-18(15-4-8-22-9-5-15)11-19(27-14)28-10-6-17-20(25-13-24-17)21(28)16-3-2-7-23-12-16/h2-3,7,11-13,15,21-22H,4-6,8-10H2,1H3,(H,24,25). The van der Waals surface area contributed by atoms with E-state index in [2.05, 4.69) is 37.3 Å². The third-order valence-electron chi connectivity index (χ3n) is 5.82. The van der Waals surface area contributed by atoms with Gasteiger partial charge in [0.2, 0.25) is 0 Å². The zero-order valence-electron chi connectivity index (χ0n) is 16.1. The fraction of sp³-hybridized carbons (Fsp3) is 0.429. The summed E-state index contributed by atoms with van der Waals surface area (Å²) in [5.41, 5.74) is 4.57. The van der Waals surface area contributed by atoms with Crippen molar-refractivity contribution in [1.29, 1.82) is 0 Å². The molecular formula is C21H25N7. The number of anilines is 1. The minimum atomic E-state index is 0.0128. The molecule has 0 spiro atoms. The molecule has 2 N–H and O–H groups in total. The van der Waals surface area contributed by atoms with E-state index < -0.39 is 0 Å². The van der Waals surface area contributed by atoms with Crippen LogP contribution >= 0.6 is 0 Å². The number of pyridine rings is 1. The van der Waals surface area contributed by atoms with Crippen molar-refractivity contribution < 1.29 is 0 Å². The molecular weight excluding hydrogens is 350 g/mol. The minimum absolute atomic E-state index is 0.0128. The molecule has 144 valence electrons. The summed E-state index contributed by atoms with van der Waals surface area (Å²) in [6, 6.07) is 6.32. The number of nitrogens with one attached hydrogen (secondary N) is 2. The third-order valence-corrected chi connectivity index (χ3v) is 5.82. The number of hydrogen-bond donors (Lipinski definition) is 2. The third kappa shape index (κ3) is 3.16. The minimum Gasteiger partial charge on any atom is -0.348 e. The summed E-state index contributed by atoms with van der Waals surface area (Å²) in [5.74, 6) is 2.33. The summed E-state index contributed by atoms with van der Waals surface area (Å²) in [6.07, 6.45) is 8.73. The molecule has 0 bridgehead atoms. The fourth-order valence-electron chi connectivity index (χ4n) is 4.45. The van der Waals surface area contributed by atoms with Gasteiger partial charge in [-0.2, -0.15) is 0 Å². The number of imidazole rings is 1. The largest absolute Gasteiger partial charge is 0.348 e. The Morgan fingerprint density at radius 2 is 2.07 bits per heavy atom. The smallest absolute Gasteiger partial charge is 0.133 e. The van der Waals surface area contributed by atoms with Gasteiger partial charge in [0.25, 0.3) is 0 Å². The van der Waals surface area contributed by atoms with Gasteiger partial charge < -0.3 is 15.2 Å². The van der Waals surface area contributed by atoms with Gasteiger partial charge in [0.15, 0.2) is 0 Å². The van der Waals surface area contributed by atoms with Crippen molar-refractivity contribution in [3.8, 4) is 0 Å². The van der Waals surface area contributed by atoms with E-state index in [-0.39, 0.29) is 6.04 Å². The summed E-state index contributed by atoms with van der Waals surface area (Å²) in [6.45, 7) is 5.00. The Morgan fingerprint density at radius 3 is 2.89 bits per heavy atom. The molecule has 1 fully saturated rings. The summed E-state index contributed by atoms with van der Waals surface area (Å²) in [4.78, 5) is 24.3. The number of H-pyrrole nitrogens is 1. The number of nitrogens with zero attached hydrogens (tertiary/aromatic N) is 5. The van der Waals surface area contributed by atoms with E-state index in [0.717, 1.165) is 61.8 Å². The normalized spacial score (nSPS) is 20.2. The molecule has 1 saturated heterocycles. The van der Waals surface area contributed by atoms with Gasteiger partial charge in [-0.05, 0) is 44.5 Å². The van der Waals surface area contributed by atoms with Crippen LogP contribution in [0.2, 0.25) is 0 Å². The lowest BCUT2D eigenvalue weighted by atomic mass is 9.93. The van der Waals surface area contributed by atoms with Crippen molar-refractivity contribution in [2.24, 2.45) is 0 Å². The molecule has 7 heteroatoms. The highest BCUT2D eigenvalue weighted by atomic mass is 15.2. The Bertz CT molecular complexity index is 946. The van der Waals surface area contributed by atoms with Crippen molar-refractivity contribution in [3.05, 3.63) is 65.4 Å². The quantitative estimate of drug-likeness (QED) is 0.732. The van der Waals surface area contributed by atoms with Crippen LogP contribution in [0.1, 0.15) is 53.3 Å². The zero-order valence-corrected chi connectivity index (χ0v) is 16.1. The highest BCUT2D eigenvalue weighted by molar-refractivity contribution is 5.50. The van der Waals surface area contributed by atoms with Crippen LogP contribution in [0.5, 0.6) is 0 Å². The van der Waals surface area contributed by atoms with Crippen molar-refractivity contribution in [2.75, 3.05) is 24.5 Å². The second-order valence-corrected chi connectivity index (χ2v) is 7.62. The first-order valence-corrected chi connectivity index (χ1v) is 10.0. The number of aromatic nitrogens is 5. The van der Waals surface area contributed by atoms with Crippen LogP contribution in [0.3, 0.4) is 0 Å². The first kappa shape index (κ1) is 17.3. The zero-order chi connectivity index (χ0) is 18.9. The summed E-state index contributed by atoms with van der Waals surface area (Å²) >= 11 is 0. The van der Waals surface area contributed by atoms with Crippen molar-refractivity contribution in [2.45, 2.75) is 38.1 Å². The van der Waals surface area contributed by atoms with Crippen LogP contribution in [-0.4, -0.2) is 44.6 Å². The van der Waals surface area contributed by atoms with E-state index >= 15 is 0 Å². The molecule has 1 unspecified atom stereocenters. The monoisotopic (exact) mass is 375 g/mol. The number of rotatable bonds is 3. The average Bonchev–Trinajstić information content (AvgIpc) is 3.23. The summed E-state index contributed by atoms with van der Waals surface area (Å²) in [7, 11) is 0. The van der Waals surface area contributed by atoms with Crippen molar-refractivity contribution >= 4 is 5.82 Å². The first-order valence-electron chi connectivity index (χ1n) is 10.0. The Morgan fingerprint density at radius 1 is 1.18 bits per heavy atom. The lowest BCUT2D eigenvalue weighted by Gasteiger charge is -2.36. The molecule has 5 heterocycles. The van der Waals surface area contributed by atoms with Gasteiger partial charge in [-0.1, -0.05) is 6.07 Å². The van der Waals surface area contributed by atoms with Crippen LogP contribution in [0.15, 0.2) is 36.9 Å². The molecule has 3 aromatic rings. The van der Waals surface area contributed by atoms with Crippen LogP contribution in [0.4, 0.5) is 5.82 Å². The van der Waals surface area contributed by atoms with E-state index in [1.807, 2.05) is 25.4 Å². The maximum atomic E-state index is 4.83. The Hall–Kier alpha value is -2.80. The molecule has 2 aliphatic heterocycles. The Balaban J connectivity index is 1.57. The number of hydrogen-bond acceptors (Lipinski definition) is 6. The highest BCUT2D eigenvalue weighted by Gasteiger charge is 2.32. The number of aromatic amines is 1. The topological polar surface area (TPSA) is 82.6 Å².